The SMILES string of the molecule is CNC(=O)N1C[C@H](N)c2ccc(C#N)cc21. The molecule has 2 amide bonds. The predicted molar refractivity (Wildman–Crippen MR) is 59.9 cm³/mol. The molecule has 0 aromatic heterocycles. The lowest BCUT2D eigenvalue weighted by Crippen LogP contribution is -2.38. The van der Waals surface area contributed by atoms with Crippen LogP contribution in [0, 0.1) is 11.3 Å². The fraction of sp³-hybridized carbons (Fsp3) is 0.273. The summed E-state index contributed by atoms with van der Waals surface area (Å²) >= 11 is 0. The molecule has 5 heteroatoms. The molecule has 3 N–H and O–H groups in total. The number of benzene rings is 1. The Bertz CT molecular complexity index is 477. The molecule has 2 rings (SSSR count). The lowest BCUT2D eigenvalue weighted by Gasteiger charge is -2.16. The number of fused-ring (bicyclic) bond motifs is 1. The summed E-state index contributed by atoms with van der Waals surface area (Å²) in [5.74, 6) is 0. The van der Waals surface area contributed by atoms with E-state index in [-0.39, 0.29) is 12.1 Å². The Labute approximate surface area is 93.5 Å². The highest BCUT2D eigenvalue weighted by Gasteiger charge is 2.29. The molecule has 0 fully saturated rings. The first kappa shape index (κ1) is 10.5. The normalized spacial score (nSPS) is 17.8. The Morgan fingerprint density at radius 1 is 1.69 bits per heavy atom. The van der Waals surface area contributed by atoms with E-state index in [9.17, 15) is 4.79 Å². The standard InChI is InChI=1S/C11H12N4O/c1-14-11(16)15-6-9(13)8-3-2-7(5-12)4-10(8)15/h2-4,9H,6,13H2,1H3,(H,14,16)/t9-/m0/s1. The average molecular weight is 216 g/mol. The highest BCUT2D eigenvalue weighted by molar-refractivity contribution is 5.94. The summed E-state index contributed by atoms with van der Waals surface area (Å²) < 4.78 is 0. The van der Waals surface area contributed by atoms with Crippen LogP contribution in [0.3, 0.4) is 0 Å². The molecule has 1 atom stereocenters. The van der Waals surface area contributed by atoms with Gasteiger partial charge in [-0.05, 0) is 17.7 Å². The lowest BCUT2D eigenvalue weighted by atomic mass is 10.1. The van der Waals surface area contributed by atoms with Crippen LogP contribution < -0.4 is 16.0 Å². The summed E-state index contributed by atoms with van der Waals surface area (Å²) in [6, 6.07) is 6.88. The van der Waals surface area contributed by atoms with Crippen molar-refractivity contribution < 1.29 is 4.79 Å². The van der Waals surface area contributed by atoms with Gasteiger partial charge in [-0.1, -0.05) is 6.07 Å². The van der Waals surface area contributed by atoms with Gasteiger partial charge in [0.25, 0.3) is 0 Å². The number of nitriles is 1. The van der Waals surface area contributed by atoms with Crippen molar-refractivity contribution in [3.63, 3.8) is 0 Å². The third-order valence-corrected chi connectivity index (χ3v) is 2.69. The largest absolute Gasteiger partial charge is 0.341 e. The molecule has 16 heavy (non-hydrogen) atoms. The lowest BCUT2D eigenvalue weighted by molar-refractivity contribution is 0.248. The monoisotopic (exact) mass is 216 g/mol. The van der Waals surface area contributed by atoms with Gasteiger partial charge in [-0.2, -0.15) is 5.26 Å². The molecule has 0 aliphatic carbocycles. The molecule has 1 aliphatic rings. The van der Waals surface area contributed by atoms with Gasteiger partial charge in [-0.3, -0.25) is 4.90 Å². The quantitative estimate of drug-likeness (QED) is 0.670. The van der Waals surface area contributed by atoms with Crippen molar-refractivity contribution in [3.05, 3.63) is 29.3 Å². The minimum absolute atomic E-state index is 0.181. The Morgan fingerprint density at radius 3 is 3.06 bits per heavy atom. The summed E-state index contributed by atoms with van der Waals surface area (Å²) in [6.45, 7) is 0.448. The maximum absolute atomic E-state index is 11.6. The number of carbonyl (C=O) groups is 1. The van der Waals surface area contributed by atoms with Crippen LogP contribution >= 0.6 is 0 Å². The smallest absolute Gasteiger partial charge is 0.321 e. The molecule has 82 valence electrons. The van der Waals surface area contributed by atoms with E-state index in [1.165, 1.54) is 0 Å². The van der Waals surface area contributed by atoms with E-state index < -0.39 is 0 Å². The van der Waals surface area contributed by atoms with Gasteiger partial charge in [0, 0.05) is 19.6 Å². The number of anilines is 1. The second-order valence-corrected chi connectivity index (χ2v) is 3.66. The van der Waals surface area contributed by atoms with E-state index in [1.54, 1.807) is 24.1 Å². The Balaban J connectivity index is 2.47. The molecule has 0 saturated carbocycles. The maximum atomic E-state index is 11.6. The van der Waals surface area contributed by atoms with E-state index in [2.05, 4.69) is 5.32 Å². The second-order valence-electron chi connectivity index (χ2n) is 3.66. The third kappa shape index (κ3) is 1.49. The van der Waals surface area contributed by atoms with E-state index in [4.69, 9.17) is 11.0 Å². The summed E-state index contributed by atoms with van der Waals surface area (Å²) in [4.78, 5) is 13.2. The zero-order valence-corrected chi connectivity index (χ0v) is 8.90. The number of urea groups is 1. The van der Waals surface area contributed by atoms with Crippen molar-refractivity contribution in [1.82, 2.24) is 5.32 Å². The van der Waals surface area contributed by atoms with Crippen LogP contribution in [-0.4, -0.2) is 19.6 Å². The van der Waals surface area contributed by atoms with Gasteiger partial charge in [-0.25, -0.2) is 4.79 Å². The van der Waals surface area contributed by atoms with Crippen LogP contribution in [0.5, 0.6) is 0 Å². The predicted octanol–water partition coefficient (Wildman–Crippen LogP) is 0.717. The first-order valence-electron chi connectivity index (χ1n) is 4.96. The van der Waals surface area contributed by atoms with Crippen LogP contribution in [0.15, 0.2) is 18.2 Å². The van der Waals surface area contributed by atoms with Crippen LogP contribution in [0.4, 0.5) is 10.5 Å². The van der Waals surface area contributed by atoms with E-state index in [1.807, 2.05) is 12.1 Å². The number of amides is 2. The van der Waals surface area contributed by atoms with Crippen molar-refractivity contribution >= 4 is 11.7 Å². The van der Waals surface area contributed by atoms with Gasteiger partial charge in [0.15, 0.2) is 0 Å². The molecule has 0 unspecified atom stereocenters. The van der Waals surface area contributed by atoms with E-state index in [0.717, 1.165) is 11.3 Å². The zero-order chi connectivity index (χ0) is 11.7. The van der Waals surface area contributed by atoms with E-state index >= 15 is 0 Å². The van der Waals surface area contributed by atoms with Gasteiger partial charge >= 0.3 is 6.03 Å². The van der Waals surface area contributed by atoms with Crippen molar-refractivity contribution in [1.29, 1.82) is 5.26 Å². The molecule has 0 bridgehead atoms. The molecule has 0 spiro atoms. The van der Waals surface area contributed by atoms with Crippen LogP contribution in [0.1, 0.15) is 17.2 Å². The molecule has 0 saturated heterocycles. The van der Waals surface area contributed by atoms with Gasteiger partial charge in [-0.15, -0.1) is 0 Å². The Hall–Kier alpha value is -2.06. The summed E-state index contributed by atoms with van der Waals surface area (Å²) in [5, 5.41) is 11.4. The van der Waals surface area contributed by atoms with Gasteiger partial charge in [0.2, 0.25) is 0 Å². The topological polar surface area (TPSA) is 82.2 Å². The van der Waals surface area contributed by atoms with Crippen molar-refractivity contribution in [2.75, 3.05) is 18.5 Å². The van der Waals surface area contributed by atoms with Crippen molar-refractivity contribution in [3.8, 4) is 6.07 Å². The van der Waals surface area contributed by atoms with E-state index in [0.29, 0.717) is 12.1 Å². The Kier molecular flexibility index (Phi) is 2.50. The molecular weight excluding hydrogens is 204 g/mol. The molecule has 1 aromatic carbocycles. The van der Waals surface area contributed by atoms with Crippen molar-refractivity contribution in [2.24, 2.45) is 5.73 Å². The number of hydrogen-bond acceptors (Lipinski definition) is 3. The number of rotatable bonds is 0. The van der Waals surface area contributed by atoms with Crippen LogP contribution in [0.2, 0.25) is 0 Å². The first-order chi connectivity index (χ1) is 7.67. The summed E-state index contributed by atoms with van der Waals surface area (Å²) in [6.07, 6.45) is 0. The summed E-state index contributed by atoms with van der Waals surface area (Å²) in [5.41, 5.74) is 8.08. The van der Waals surface area contributed by atoms with Crippen LogP contribution in [0.25, 0.3) is 0 Å². The minimum Gasteiger partial charge on any atom is -0.341 e. The number of hydrogen-bond donors (Lipinski definition) is 2. The highest BCUT2D eigenvalue weighted by atomic mass is 16.2. The molecule has 0 radical (unpaired) electrons. The summed E-state index contributed by atoms with van der Waals surface area (Å²) in [7, 11) is 1.57. The number of carbonyl (C=O) groups excluding carboxylic acids is 1. The number of nitrogens with one attached hydrogen (secondary N) is 1. The average Bonchev–Trinajstić information content (AvgIpc) is 2.65. The van der Waals surface area contributed by atoms with Crippen LogP contribution in [-0.2, 0) is 0 Å². The van der Waals surface area contributed by atoms with Gasteiger partial charge in [0.1, 0.15) is 0 Å². The second kappa shape index (κ2) is 3.83. The maximum Gasteiger partial charge on any atom is 0.321 e. The molecule has 1 heterocycles. The number of nitrogens with zero attached hydrogens (tertiary/aromatic N) is 2. The van der Waals surface area contributed by atoms with Crippen molar-refractivity contribution in [2.45, 2.75) is 6.04 Å². The molecule has 1 aromatic rings. The minimum atomic E-state index is -0.204. The fourth-order valence-electron chi connectivity index (χ4n) is 1.88. The van der Waals surface area contributed by atoms with Gasteiger partial charge < -0.3 is 11.1 Å². The highest BCUT2D eigenvalue weighted by Crippen LogP contribution is 2.33. The fourth-order valence-corrected chi connectivity index (χ4v) is 1.88. The molecular formula is C11H12N4O. The first-order valence-corrected chi connectivity index (χ1v) is 4.96. The number of nitrogens with two attached hydrogens (primary N) is 1. The zero-order valence-electron chi connectivity index (χ0n) is 8.90. The Morgan fingerprint density at radius 2 is 2.44 bits per heavy atom. The molecule has 5 nitrogen and oxygen atoms in total. The van der Waals surface area contributed by atoms with Gasteiger partial charge in [0.05, 0.1) is 17.3 Å². The molecule has 1 aliphatic heterocycles. The third-order valence-electron chi connectivity index (χ3n) is 2.69.